The molecule has 0 aromatic heterocycles. The average molecular weight is 1030 g/mol. The van der Waals surface area contributed by atoms with Crippen LogP contribution in [0.2, 0.25) is 0 Å². The lowest BCUT2D eigenvalue weighted by molar-refractivity contribution is -0.870. The van der Waals surface area contributed by atoms with E-state index in [4.69, 9.17) is 18.9 Å². The van der Waals surface area contributed by atoms with Gasteiger partial charge in [0.15, 0.2) is 6.10 Å². The van der Waals surface area contributed by atoms with Crippen molar-refractivity contribution in [1.82, 2.24) is 0 Å². The summed E-state index contributed by atoms with van der Waals surface area (Å²) in [5, 5.41) is 9.70. The first-order valence-electron chi connectivity index (χ1n) is 30.8. The van der Waals surface area contributed by atoms with E-state index < -0.39 is 24.3 Å². The van der Waals surface area contributed by atoms with Gasteiger partial charge < -0.3 is 28.5 Å². The predicted molar refractivity (Wildman–Crippen MR) is 309 cm³/mol. The minimum atomic E-state index is -1.51. The Kier molecular flexibility index (Phi) is 53.4. The molecule has 426 valence electrons. The second-order valence-electron chi connectivity index (χ2n) is 22.0. The molecule has 0 aliphatic rings. The number of allylic oxidation sites excluding steroid dienone is 8. The van der Waals surface area contributed by atoms with E-state index in [1.807, 2.05) is 21.1 Å². The van der Waals surface area contributed by atoms with Gasteiger partial charge in [-0.2, -0.15) is 0 Å². The number of esters is 2. The summed E-state index contributed by atoms with van der Waals surface area (Å²) in [6.07, 6.45) is 66.4. The van der Waals surface area contributed by atoms with E-state index in [2.05, 4.69) is 62.5 Å². The molecular formula is C64H118NO8+. The highest BCUT2D eigenvalue weighted by atomic mass is 16.7. The summed E-state index contributed by atoms with van der Waals surface area (Å²) in [7, 11) is 5.97. The van der Waals surface area contributed by atoms with E-state index in [9.17, 15) is 19.5 Å². The number of unbranched alkanes of at least 4 members (excludes halogenated alkanes) is 34. The normalized spacial score (nSPS) is 13.1. The third-order valence-electron chi connectivity index (χ3n) is 13.6. The number of likely N-dealkylation sites (N-methyl/N-ethyl adjacent to an activating group) is 1. The zero-order valence-electron chi connectivity index (χ0n) is 48.6. The van der Waals surface area contributed by atoms with Crippen LogP contribution in [0.5, 0.6) is 0 Å². The van der Waals surface area contributed by atoms with Crippen LogP contribution < -0.4 is 0 Å². The number of carbonyl (C=O) groups is 3. The van der Waals surface area contributed by atoms with Crippen molar-refractivity contribution < 1.29 is 42.9 Å². The van der Waals surface area contributed by atoms with Gasteiger partial charge in [0.1, 0.15) is 13.2 Å². The van der Waals surface area contributed by atoms with Gasteiger partial charge in [0.25, 0.3) is 6.29 Å². The SMILES string of the molecule is CC/C=C\C/C=C\C/C=C\CCCCCCCCCC(=O)OC(COC(=O)CCCCCCCCCCCCCCCCCCCCC/C=C\CCCCCCCCCC)COC(OCC[N+](C)(C)C)C(=O)O. The van der Waals surface area contributed by atoms with E-state index in [1.165, 1.54) is 186 Å². The van der Waals surface area contributed by atoms with Crippen molar-refractivity contribution in [3.05, 3.63) is 48.6 Å². The number of nitrogens with zero attached hydrogens (tertiary/aromatic N) is 1. The van der Waals surface area contributed by atoms with E-state index in [-0.39, 0.29) is 32.2 Å². The van der Waals surface area contributed by atoms with Crippen LogP contribution in [0.4, 0.5) is 0 Å². The zero-order chi connectivity index (χ0) is 53.4. The Morgan fingerprint density at radius 3 is 1.18 bits per heavy atom. The van der Waals surface area contributed by atoms with Crippen LogP contribution in [-0.4, -0.2) is 87.4 Å². The van der Waals surface area contributed by atoms with Gasteiger partial charge in [0.2, 0.25) is 0 Å². The number of hydrogen-bond acceptors (Lipinski definition) is 7. The monoisotopic (exact) mass is 1030 g/mol. The Labute approximate surface area is 451 Å². The molecule has 0 saturated carbocycles. The molecule has 0 spiro atoms. The van der Waals surface area contributed by atoms with Crippen LogP contribution in [0.15, 0.2) is 48.6 Å². The molecule has 9 heteroatoms. The van der Waals surface area contributed by atoms with Crippen molar-refractivity contribution >= 4 is 17.9 Å². The molecule has 0 saturated heterocycles. The molecule has 2 unspecified atom stereocenters. The second-order valence-corrected chi connectivity index (χ2v) is 22.0. The zero-order valence-corrected chi connectivity index (χ0v) is 48.6. The molecule has 0 aromatic carbocycles. The Morgan fingerprint density at radius 1 is 0.425 bits per heavy atom. The summed E-state index contributed by atoms with van der Waals surface area (Å²) in [6.45, 7) is 4.79. The number of rotatable bonds is 57. The Balaban J connectivity index is 4.09. The molecule has 0 heterocycles. The molecule has 1 N–H and O–H groups in total. The Bertz CT molecular complexity index is 1340. The highest BCUT2D eigenvalue weighted by Gasteiger charge is 2.25. The Morgan fingerprint density at radius 2 is 0.781 bits per heavy atom. The van der Waals surface area contributed by atoms with Crippen LogP contribution >= 0.6 is 0 Å². The molecule has 0 radical (unpaired) electrons. The molecule has 0 fully saturated rings. The van der Waals surface area contributed by atoms with Gasteiger partial charge in [-0.15, -0.1) is 0 Å². The fraction of sp³-hybridized carbons (Fsp3) is 0.828. The fourth-order valence-corrected chi connectivity index (χ4v) is 8.85. The molecule has 0 bridgehead atoms. The van der Waals surface area contributed by atoms with Gasteiger partial charge in [0.05, 0.1) is 34.4 Å². The third-order valence-corrected chi connectivity index (χ3v) is 13.6. The second kappa shape index (κ2) is 55.5. The van der Waals surface area contributed by atoms with Gasteiger partial charge in [0, 0.05) is 12.8 Å². The summed E-state index contributed by atoms with van der Waals surface area (Å²) in [5.41, 5.74) is 0. The first kappa shape index (κ1) is 70.2. The smallest absolute Gasteiger partial charge is 0.361 e. The average Bonchev–Trinajstić information content (AvgIpc) is 3.36. The first-order chi connectivity index (χ1) is 35.6. The maximum absolute atomic E-state index is 12.9. The summed E-state index contributed by atoms with van der Waals surface area (Å²) < 4.78 is 22.9. The van der Waals surface area contributed by atoms with E-state index in [0.717, 1.165) is 64.2 Å². The minimum Gasteiger partial charge on any atom is -0.477 e. The highest BCUT2D eigenvalue weighted by molar-refractivity contribution is 5.71. The number of ether oxygens (including phenoxy) is 4. The Hall–Kier alpha value is -2.75. The summed E-state index contributed by atoms with van der Waals surface area (Å²) in [5.74, 6) is -2.01. The van der Waals surface area contributed by atoms with Crippen molar-refractivity contribution in [2.24, 2.45) is 0 Å². The maximum atomic E-state index is 12.9. The third kappa shape index (κ3) is 56.8. The van der Waals surface area contributed by atoms with E-state index in [0.29, 0.717) is 23.9 Å². The van der Waals surface area contributed by atoms with Crippen LogP contribution in [0.1, 0.15) is 284 Å². The van der Waals surface area contributed by atoms with E-state index in [1.54, 1.807) is 0 Å². The largest absolute Gasteiger partial charge is 0.477 e. The maximum Gasteiger partial charge on any atom is 0.361 e. The number of aliphatic carboxylic acids is 1. The van der Waals surface area contributed by atoms with Crippen LogP contribution in [0, 0.1) is 0 Å². The van der Waals surface area contributed by atoms with Crippen molar-refractivity contribution in [3.63, 3.8) is 0 Å². The number of hydrogen-bond donors (Lipinski definition) is 1. The van der Waals surface area contributed by atoms with Crippen LogP contribution in [0.3, 0.4) is 0 Å². The summed E-state index contributed by atoms with van der Waals surface area (Å²) in [4.78, 5) is 37.4. The van der Waals surface area contributed by atoms with Crippen LogP contribution in [0.25, 0.3) is 0 Å². The molecule has 73 heavy (non-hydrogen) atoms. The van der Waals surface area contributed by atoms with Crippen molar-refractivity contribution in [1.29, 1.82) is 0 Å². The molecule has 0 aliphatic carbocycles. The lowest BCUT2D eigenvalue weighted by Crippen LogP contribution is -2.40. The van der Waals surface area contributed by atoms with Crippen molar-refractivity contribution in [2.45, 2.75) is 296 Å². The predicted octanol–water partition coefficient (Wildman–Crippen LogP) is 18.2. The van der Waals surface area contributed by atoms with Gasteiger partial charge in [-0.1, -0.05) is 249 Å². The highest BCUT2D eigenvalue weighted by Crippen LogP contribution is 2.17. The van der Waals surface area contributed by atoms with Gasteiger partial charge in [-0.3, -0.25) is 9.59 Å². The number of carbonyl (C=O) groups excluding carboxylic acids is 2. The van der Waals surface area contributed by atoms with Gasteiger partial charge >= 0.3 is 17.9 Å². The standard InChI is InChI=1S/C64H117NO8/c1-6-8-10-12-14-16-18-20-22-24-25-26-27-28-29-30-31-32-33-34-35-36-37-39-40-42-44-46-48-50-52-54-61(66)71-58-60(59-72-64(63(68)69)70-57-56-65(3,4)5)73-62(67)55-53-51-49-47-45-43-41-38-23-21-19-17-15-13-11-9-7-2/h9,11,15,17,21,23-25,60,64H,6-8,10,12-14,16,18-20,22,26-59H2,1-5H3/p+1/b11-9-,17-15-,23-21-,25-24-. The molecule has 2 atom stereocenters. The molecule has 0 aromatic rings. The quantitative estimate of drug-likeness (QED) is 0.0211. The van der Waals surface area contributed by atoms with E-state index >= 15 is 0 Å². The van der Waals surface area contributed by atoms with Gasteiger partial charge in [-0.25, -0.2) is 4.79 Å². The topological polar surface area (TPSA) is 108 Å². The summed E-state index contributed by atoms with van der Waals surface area (Å²) >= 11 is 0. The molecule has 0 aliphatic heterocycles. The number of carboxylic acids is 1. The molecule has 0 rings (SSSR count). The summed E-state index contributed by atoms with van der Waals surface area (Å²) in [6, 6.07) is 0. The van der Waals surface area contributed by atoms with Crippen LogP contribution in [-0.2, 0) is 33.3 Å². The van der Waals surface area contributed by atoms with Gasteiger partial charge in [-0.05, 0) is 70.6 Å². The number of quaternary nitrogens is 1. The number of carboxylic acid groups (broad SMARTS) is 1. The van der Waals surface area contributed by atoms with Crippen molar-refractivity contribution in [3.8, 4) is 0 Å². The fourth-order valence-electron chi connectivity index (χ4n) is 8.85. The molecule has 9 nitrogen and oxygen atoms in total. The molecule has 0 amide bonds. The molecular weight excluding hydrogens is 911 g/mol. The lowest BCUT2D eigenvalue weighted by atomic mass is 10.0. The lowest BCUT2D eigenvalue weighted by Gasteiger charge is -2.25. The minimum absolute atomic E-state index is 0.184. The van der Waals surface area contributed by atoms with Crippen molar-refractivity contribution in [2.75, 3.05) is 47.5 Å². The first-order valence-corrected chi connectivity index (χ1v) is 30.8.